The monoisotopic (exact) mass is 652 g/mol. The van der Waals surface area contributed by atoms with E-state index in [-0.39, 0.29) is 12.5 Å². The number of aromatic nitrogens is 3. The zero-order valence-electron chi connectivity index (χ0n) is 27.3. The second-order valence-electron chi connectivity index (χ2n) is 12.0. The van der Waals surface area contributed by atoms with Crippen LogP contribution in [-0.2, 0) is 40.5 Å². The van der Waals surface area contributed by atoms with Crippen molar-refractivity contribution in [3.63, 3.8) is 0 Å². The average molecular weight is 653 g/mol. The fourth-order valence-corrected chi connectivity index (χ4v) is 5.86. The number of carbonyl (C=O) groups is 3. The molecule has 14 heteroatoms. The molecule has 0 aliphatic carbocycles. The van der Waals surface area contributed by atoms with Crippen LogP contribution in [0.5, 0.6) is 0 Å². The summed E-state index contributed by atoms with van der Waals surface area (Å²) in [6.07, 6.45) is 4.88. The number of carbonyl (C=O) groups excluding carboxylic acids is 3. The number of fused-ring (bicyclic) bond motifs is 19. The van der Waals surface area contributed by atoms with Gasteiger partial charge in [0.15, 0.2) is 6.61 Å². The number of nitrogens with one attached hydrogen (secondary N) is 2. The number of hydrogen-bond acceptors (Lipinski definition) is 10. The molecule has 1 saturated heterocycles. The maximum absolute atomic E-state index is 12.6. The first kappa shape index (κ1) is 34.1. The highest BCUT2D eigenvalue weighted by Crippen LogP contribution is 2.43. The molecular formula is C33H44N6O8. The molecule has 0 radical (unpaired) electrons. The van der Waals surface area contributed by atoms with E-state index in [2.05, 4.69) is 46.5 Å². The van der Waals surface area contributed by atoms with Gasteiger partial charge in [-0.1, -0.05) is 11.6 Å². The molecule has 47 heavy (non-hydrogen) atoms. The van der Waals surface area contributed by atoms with Crippen molar-refractivity contribution < 1.29 is 38.1 Å². The molecule has 0 saturated carbocycles. The van der Waals surface area contributed by atoms with Gasteiger partial charge < -0.3 is 33.5 Å². The van der Waals surface area contributed by atoms with Crippen LogP contribution < -0.4 is 5.32 Å². The lowest BCUT2D eigenvalue weighted by molar-refractivity contribution is -0.134. The topological polar surface area (TPSA) is 157 Å². The molecule has 7 rings (SSSR count). The lowest BCUT2D eigenvalue weighted by Crippen LogP contribution is -2.50. The Balaban J connectivity index is 0.000000330. The molecule has 3 aromatic rings. The van der Waals surface area contributed by atoms with Crippen LogP contribution in [0.1, 0.15) is 41.5 Å². The summed E-state index contributed by atoms with van der Waals surface area (Å²) >= 11 is 0. The Kier molecular flexibility index (Phi) is 11.6. The SMILES string of the molecule is CN1CCOCCOCCOCCCc2cnc3c(c2)C2(CCN(CC2)C(=O)OCC1=O)OC(=O)N3.Cc1cc(C)c2[nH]ncc2c1. The summed E-state index contributed by atoms with van der Waals surface area (Å²) in [6, 6.07) is 6.30. The summed E-state index contributed by atoms with van der Waals surface area (Å²) in [5.74, 6) is 0.168. The molecule has 1 spiro atoms. The second kappa shape index (κ2) is 16.0. The van der Waals surface area contributed by atoms with E-state index in [1.54, 1.807) is 13.2 Å². The van der Waals surface area contributed by atoms with Gasteiger partial charge in [-0.2, -0.15) is 5.10 Å². The third kappa shape index (κ3) is 8.96. The van der Waals surface area contributed by atoms with Crippen molar-refractivity contribution in [3.05, 3.63) is 52.8 Å². The average Bonchev–Trinajstić information content (AvgIpc) is 3.53. The summed E-state index contributed by atoms with van der Waals surface area (Å²) in [7, 11) is 1.63. The number of amides is 3. The highest BCUT2D eigenvalue weighted by Gasteiger charge is 2.46. The standard InChI is InChI=1S/C24H34N4O8.C9H10N2/c1-27-8-10-33-12-14-34-13-11-32-9-2-3-18-15-19-21(25-16-18)26-22(30)36-24(19)4-6-28(7-5-24)23(31)35-17-20(27)29;1-6-3-7(2)9-8(4-6)5-10-11-9/h15-16H,2-14,17H2,1H3,(H,25,26,30);3-5H,1-2H3,(H,10,11). The van der Waals surface area contributed by atoms with Gasteiger partial charge in [0.2, 0.25) is 0 Å². The van der Waals surface area contributed by atoms with E-state index in [9.17, 15) is 14.4 Å². The molecule has 14 nitrogen and oxygen atoms in total. The van der Waals surface area contributed by atoms with Crippen molar-refractivity contribution in [2.45, 2.75) is 45.1 Å². The van der Waals surface area contributed by atoms with E-state index >= 15 is 0 Å². The van der Waals surface area contributed by atoms with Crippen molar-refractivity contribution >= 4 is 34.8 Å². The van der Waals surface area contributed by atoms with Gasteiger partial charge in [0.25, 0.3) is 5.91 Å². The molecule has 1 aromatic carbocycles. The maximum atomic E-state index is 12.6. The fourth-order valence-electron chi connectivity index (χ4n) is 5.86. The predicted octanol–water partition coefficient (Wildman–Crippen LogP) is 3.71. The first-order valence-corrected chi connectivity index (χ1v) is 16.0. The van der Waals surface area contributed by atoms with Crippen molar-refractivity contribution in [1.29, 1.82) is 0 Å². The Morgan fingerprint density at radius 1 is 0.872 bits per heavy atom. The number of hydrogen-bond donors (Lipinski definition) is 2. The number of likely N-dealkylation sites (N-methyl/N-ethyl adjacent to an activating group) is 1. The first-order chi connectivity index (χ1) is 22.7. The van der Waals surface area contributed by atoms with Gasteiger partial charge in [-0.05, 0) is 49.9 Å². The summed E-state index contributed by atoms with van der Waals surface area (Å²) in [6.45, 7) is 7.64. The number of aromatic amines is 1. The number of pyridine rings is 1. The van der Waals surface area contributed by atoms with Crippen LogP contribution >= 0.6 is 0 Å². The summed E-state index contributed by atoms with van der Waals surface area (Å²) in [5.41, 5.74) is 4.67. The van der Waals surface area contributed by atoms with E-state index in [0.717, 1.165) is 29.5 Å². The van der Waals surface area contributed by atoms with Crippen LogP contribution in [0.2, 0.25) is 0 Å². The van der Waals surface area contributed by atoms with Crippen molar-refractivity contribution in [1.82, 2.24) is 25.0 Å². The zero-order valence-corrected chi connectivity index (χ0v) is 27.3. The minimum Gasteiger partial charge on any atom is -0.439 e. The Hall–Kier alpha value is -4.27. The molecule has 2 aromatic heterocycles. The van der Waals surface area contributed by atoms with Crippen molar-refractivity contribution in [2.75, 3.05) is 78.2 Å². The highest BCUT2D eigenvalue weighted by atomic mass is 16.6. The summed E-state index contributed by atoms with van der Waals surface area (Å²) < 4.78 is 27.7. The van der Waals surface area contributed by atoms with Gasteiger partial charge >= 0.3 is 12.2 Å². The lowest BCUT2D eigenvalue weighted by atomic mass is 9.83. The van der Waals surface area contributed by atoms with E-state index < -0.39 is 17.8 Å². The molecule has 0 atom stereocenters. The quantitative estimate of drug-likeness (QED) is 0.343. The predicted molar refractivity (Wildman–Crippen MR) is 172 cm³/mol. The Morgan fingerprint density at radius 3 is 2.36 bits per heavy atom. The van der Waals surface area contributed by atoms with Crippen LogP contribution in [0, 0.1) is 13.8 Å². The second-order valence-corrected chi connectivity index (χ2v) is 12.0. The molecule has 254 valence electrons. The molecule has 4 bridgehead atoms. The summed E-state index contributed by atoms with van der Waals surface area (Å²) in [4.78, 5) is 44.6. The Bertz CT molecular complexity index is 1540. The zero-order chi connectivity index (χ0) is 33.2. The summed E-state index contributed by atoms with van der Waals surface area (Å²) in [5, 5.41) is 10.8. The molecule has 0 unspecified atom stereocenters. The molecule has 4 aliphatic heterocycles. The number of ether oxygens (including phenoxy) is 5. The normalized spacial score (nSPS) is 19.9. The number of piperidine rings is 1. The third-order valence-corrected chi connectivity index (χ3v) is 8.48. The van der Waals surface area contributed by atoms with E-state index in [0.29, 0.717) is 77.9 Å². The highest BCUT2D eigenvalue weighted by molar-refractivity contribution is 5.87. The van der Waals surface area contributed by atoms with E-state index in [4.69, 9.17) is 23.7 Å². The Morgan fingerprint density at radius 2 is 1.60 bits per heavy atom. The van der Waals surface area contributed by atoms with Crippen LogP contribution in [0.3, 0.4) is 0 Å². The van der Waals surface area contributed by atoms with Crippen LogP contribution in [0.4, 0.5) is 15.4 Å². The van der Waals surface area contributed by atoms with Gasteiger partial charge in [0.1, 0.15) is 11.4 Å². The molecule has 2 N–H and O–H groups in total. The van der Waals surface area contributed by atoms with Gasteiger partial charge in [0.05, 0.1) is 44.7 Å². The van der Waals surface area contributed by atoms with Crippen molar-refractivity contribution in [3.8, 4) is 0 Å². The van der Waals surface area contributed by atoms with Crippen LogP contribution in [-0.4, -0.2) is 116 Å². The molecule has 6 heterocycles. The number of benzene rings is 1. The van der Waals surface area contributed by atoms with Gasteiger partial charge in [-0.3, -0.25) is 15.2 Å². The van der Waals surface area contributed by atoms with Crippen LogP contribution in [0.25, 0.3) is 10.9 Å². The van der Waals surface area contributed by atoms with Gasteiger partial charge in [-0.15, -0.1) is 0 Å². The Labute approximate surface area is 274 Å². The smallest absolute Gasteiger partial charge is 0.413 e. The fraction of sp³-hybridized carbons (Fsp3) is 0.545. The lowest BCUT2D eigenvalue weighted by Gasteiger charge is -2.43. The van der Waals surface area contributed by atoms with E-state index in [1.807, 2.05) is 12.3 Å². The molecule has 4 aliphatic rings. The maximum Gasteiger partial charge on any atom is 0.413 e. The number of H-pyrrole nitrogens is 1. The van der Waals surface area contributed by atoms with E-state index in [1.165, 1.54) is 26.3 Å². The number of rotatable bonds is 0. The molecule has 3 amide bonds. The minimum atomic E-state index is -0.866. The molecular weight excluding hydrogens is 608 g/mol. The number of anilines is 1. The number of aryl methyl sites for hydroxylation is 3. The first-order valence-electron chi connectivity index (χ1n) is 16.0. The number of nitrogens with zero attached hydrogens (tertiary/aromatic N) is 4. The third-order valence-electron chi connectivity index (χ3n) is 8.48. The van der Waals surface area contributed by atoms with Crippen LogP contribution in [0.15, 0.2) is 30.6 Å². The van der Waals surface area contributed by atoms with Gasteiger partial charge in [0, 0.05) is 63.3 Å². The van der Waals surface area contributed by atoms with Crippen molar-refractivity contribution in [2.24, 2.45) is 0 Å². The minimum absolute atomic E-state index is 0.317. The van der Waals surface area contributed by atoms with Gasteiger partial charge in [-0.25, -0.2) is 14.6 Å². The largest absolute Gasteiger partial charge is 0.439 e. The molecule has 1 fully saturated rings.